The lowest BCUT2D eigenvalue weighted by Gasteiger charge is -2.41. The average Bonchev–Trinajstić information content (AvgIpc) is 3.01. The van der Waals surface area contributed by atoms with Crippen molar-refractivity contribution in [1.29, 1.82) is 0 Å². The van der Waals surface area contributed by atoms with Crippen LogP contribution >= 0.6 is 0 Å². The van der Waals surface area contributed by atoms with E-state index in [1.165, 1.54) is 0 Å². The van der Waals surface area contributed by atoms with Crippen LogP contribution in [0.4, 0.5) is 0 Å². The third-order valence-electron chi connectivity index (χ3n) is 4.84. The van der Waals surface area contributed by atoms with E-state index in [0.717, 1.165) is 49.4 Å². The van der Waals surface area contributed by atoms with Gasteiger partial charge in [0.1, 0.15) is 5.75 Å². The van der Waals surface area contributed by atoms with Crippen LogP contribution in [0.15, 0.2) is 18.2 Å². The van der Waals surface area contributed by atoms with Crippen molar-refractivity contribution in [2.24, 2.45) is 0 Å². The van der Waals surface area contributed by atoms with E-state index in [2.05, 4.69) is 18.7 Å². The molecule has 1 fully saturated rings. The molecule has 0 amide bonds. The van der Waals surface area contributed by atoms with Gasteiger partial charge in [0.25, 0.3) is 0 Å². The van der Waals surface area contributed by atoms with E-state index in [4.69, 9.17) is 9.47 Å². The fourth-order valence-corrected chi connectivity index (χ4v) is 3.22. The fourth-order valence-electron chi connectivity index (χ4n) is 3.22. The third-order valence-corrected chi connectivity index (χ3v) is 4.84. The molecule has 0 N–H and O–H groups in total. The Balaban J connectivity index is 1.87. The minimum atomic E-state index is -0.447. The summed E-state index contributed by atoms with van der Waals surface area (Å²) in [4.78, 5) is 15.3. The highest BCUT2D eigenvalue weighted by atomic mass is 16.5. The number of carbonyl (C=O) groups excluding carboxylic acids is 1. The number of benzene rings is 1. The zero-order chi connectivity index (χ0) is 14.9. The molecule has 2 aliphatic heterocycles. The van der Waals surface area contributed by atoms with Crippen molar-refractivity contribution in [3.05, 3.63) is 29.3 Å². The summed E-state index contributed by atoms with van der Waals surface area (Å²) in [5.41, 5.74) is 1.51. The number of morpholine rings is 1. The van der Waals surface area contributed by atoms with Gasteiger partial charge >= 0.3 is 0 Å². The van der Waals surface area contributed by atoms with Gasteiger partial charge in [-0.1, -0.05) is 6.92 Å². The van der Waals surface area contributed by atoms with Crippen molar-refractivity contribution < 1.29 is 14.3 Å². The molecular weight excluding hydrogens is 266 g/mol. The molecule has 1 unspecified atom stereocenters. The molecule has 2 heterocycles. The van der Waals surface area contributed by atoms with Crippen molar-refractivity contribution in [3.8, 4) is 5.75 Å². The zero-order valence-electron chi connectivity index (χ0n) is 12.9. The number of carbonyl (C=O) groups is 1. The predicted octanol–water partition coefficient (Wildman–Crippen LogP) is 2.31. The van der Waals surface area contributed by atoms with Crippen LogP contribution < -0.4 is 4.74 Å². The van der Waals surface area contributed by atoms with Gasteiger partial charge in [-0.3, -0.25) is 9.69 Å². The Labute approximate surface area is 126 Å². The van der Waals surface area contributed by atoms with E-state index < -0.39 is 5.54 Å². The van der Waals surface area contributed by atoms with Crippen LogP contribution in [0, 0.1) is 0 Å². The maximum atomic E-state index is 13.1. The second-order valence-corrected chi connectivity index (χ2v) is 5.98. The first-order valence-corrected chi connectivity index (χ1v) is 7.78. The van der Waals surface area contributed by atoms with E-state index in [-0.39, 0.29) is 5.78 Å². The lowest BCUT2D eigenvalue weighted by molar-refractivity contribution is -0.0106. The minimum Gasteiger partial charge on any atom is -0.493 e. The quantitative estimate of drug-likeness (QED) is 0.797. The Morgan fingerprint density at radius 3 is 2.76 bits per heavy atom. The number of Topliss-reactive ketones (excluding diaryl/α,β-unsaturated/α-hetero) is 1. The number of fused-ring (bicyclic) bond motifs is 1. The van der Waals surface area contributed by atoms with Crippen LogP contribution in [0.25, 0.3) is 0 Å². The molecule has 0 saturated carbocycles. The molecule has 1 aromatic carbocycles. The van der Waals surface area contributed by atoms with Gasteiger partial charge in [0, 0.05) is 25.1 Å². The number of ketones is 1. The maximum Gasteiger partial charge on any atom is 0.182 e. The van der Waals surface area contributed by atoms with Gasteiger partial charge in [0.15, 0.2) is 5.78 Å². The van der Waals surface area contributed by atoms with E-state index in [0.29, 0.717) is 13.2 Å². The van der Waals surface area contributed by atoms with Crippen molar-refractivity contribution in [3.63, 3.8) is 0 Å². The first-order chi connectivity index (χ1) is 10.1. The van der Waals surface area contributed by atoms with Crippen molar-refractivity contribution in [1.82, 2.24) is 4.90 Å². The van der Waals surface area contributed by atoms with E-state index in [1.807, 2.05) is 18.2 Å². The monoisotopic (exact) mass is 289 g/mol. The smallest absolute Gasteiger partial charge is 0.182 e. The van der Waals surface area contributed by atoms with Gasteiger partial charge in [-0.15, -0.1) is 0 Å². The summed E-state index contributed by atoms with van der Waals surface area (Å²) in [6.07, 6.45) is 1.70. The second-order valence-electron chi connectivity index (χ2n) is 5.98. The van der Waals surface area contributed by atoms with E-state index in [9.17, 15) is 4.79 Å². The van der Waals surface area contributed by atoms with Crippen LogP contribution in [-0.4, -0.2) is 49.1 Å². The lowest BCUT2D eigenvalue weighted by Crippen LogP contribution is -2.56. The highest BCUT2D eigenvalue weighted by molar-refractivity contribution is 6.03. The molecule has 0 radical (unpaired) electrons. The molecule has 3 rings (SSSR count). The summed E-state index contributed by atoms with van der Waals surface area (Å²) in [5.74, 6) is 1.14. The Morgan fingerprint density at radius 1 is 1.29 bits per heavy atom. The topological polar surface area (TPSA) is 38.8 Å². The summed E-state index contributed by atoms with van der Waals surface area (Å²) in [7, 11) is 0. The molecule has 21 heavy (non-hydrogen) atoms. The molecule has 2 aliphatic rings. The fraction of sp³-hybridized carbons (Fsp3) is 0.588. The van der Waals surface area contributed by atoms with Crippen LogP contribution in [0.2, 0.25) is 0 Å². The third kappa shape index (κ3) is 2.58. The van der Waals surface area contributed by atoms with Gasteiger partial charge in [0.2, 0.25) is 0 Å². The standard InChI is InChI=1S/C17H23NO3/c1-3-17(2,18-7-10-20-11-8-18)16(19)14-4-5-15-13(12-14)6-9-21-15/h4-5,12H,3,6-11H2,1-2H3. The molecular formula is C17H23NO3. The normalized spacial score (nSPS) is 21.4. The van der Waals surface area contributed by atoms with Gasteiger partial charge in [-0.25, -0.2) is 0 Å². The van der Waals surface area contributed by atoms with Crippen LogP contribution in [0.3, 0.4) is 0 Å². The number of ether oxygens (including phenoxy) is 2. The Bertz CT molecular complexity index is 537. The molecule has 1 saturated heterocycles. The average molecular weight is 289 g/mol. The van der Waals surface area contributed by atoms with Gasteiger partial charge < -0.3 is 9.47 Å². The zero-order valence-corrected chi connectivity index (χ0v) is 12.9. The summed E-state index contributed by atoms with van der Waals surface area (Å²) in [6, 6.07) is 5.85. The SMILES string of the molecule is CCC(C)(C(=O)c1ccc2c(c1)CCO2)N1CCOCC1. The highest BCUT2D eigenvalue weighted by Crippen LogP contribution is 2.30. The van der Waals surface area contributed by atoms with Gasteiger partial charge in [0.05, 0.1) is 25.4 Å². The Kier molecular flexibility index (Phi) is 4.00. The van der Waals surface area contributed by atoms with Crippen LogP contribution in [-0.2, 0) is 11.2 Å². The molecule has 0 spiro atoms. The summed E-state index contributed by atoms with van der Waals surface area (Å²) >= 11 is 0. The Hall–Kier alpha value is -1.39. The number of rotatable bonds is 4. The molecule has 1 aromatic rings. The first-order valence-electron chi connectivity index (χ1n) is 7.78. The van der Waals surface area contributed by atoms with Gasteiger partial charge in [-0.2, -0.15) is 0 Å². The second kappa shape index (κ2) is 5.78. The summed E-state index contributed by atoms with van der Waals surface area (Å²) in [6.45, 7) is 7.94. The molecule has 0 bridgehead atoms. The summed E-state index contributed by atoms with van der Waals surface area (Å²) in [5, 5.41) is 0. The van der Waals surface area contributed by atoms with E-state index >= 15 is 0 Å². The number of hydrogen-bond acceptors (Lipinski definition) is 4. The molecule has 4 nitrogen and oxygen atoms in total. The lowest BCUT2D eigenvalue weighted by atomic mass is 9.86. The molecule has 4 heteroatoms. The Morgan fingerprint density at radius 2 is 2.05 bits per heavy atom. The van der Waals surface area contributed by atoms with Crippen molar-refractivity contribution in [2.45, 2.75) is 32.2 Å². The largest absolute Gasteiger partial charge is 0.493 e. The predicted molar refractivity (Wildman–Crippen MR) is 81.1 cm³/mol. The molecule has 1 atom stereocenters. The number of nitrogens with zero attached hydrogens (tertiary/aromatic N) is 1. The number of hydrogen-bond donors (Lipinski definition) is 0. The minimum absolute atomic E-state index is 0.210. The highest BCUT2D eigenvalue weighted by Gasteiger charge is 2.39. The van der Waals surface area contributed by atoms with Crippen LogP contribution in [0.5, 0.6) is 5.75 Å². The molecule has 0 aliphatic carbocycles. The maximum absolute atomic E-state index is 13.1. The van der Waals surface area contributed by atoms with Gasteiger partial charge in [-0.05, 0) is 37.1 Å². The van der Waals surface area contributed by atoms with Crippen LogP contribution in [0.1, 0.15) is 36.2 Å². The first kappa shape index (κ1) is 14.5. The van der Waals surface area contributed by atoms with Crippen molar-refractivity contribution >= 4 is 5.78 Å². The molecule has 0 aromatic heterocycles. The van der Waals surface area contributed by atoms with Crippen molar-refractivity contribution in [2.75, 3.05) is 32.9 Å². The molecule has 114 valence electrons. The van der Waals surface area contributed by atoms with E-state index in [1.54, 1.807) is 0 Å². The summed E-state index contributed by atoms with van der Waals surface area (Å²) < 4.78 is 10.9.